The second-order valence-electron chi connectivity index (χ2n) is 6.92. The van der Waals surface area contributed by atoms with E-state index in [0.29, 0.717) is 13.0 Å². The number of hydrogen-bond acceptors (Lipinski definition) is 1. The number of hydrogen-bond donors (Lipinski definition) is 1. The second-order valence-corrected chi connectivity index (χ2v) is 6.92. The lowest BCUT2D eigenvalue weighted by Gasteiger charge is -2.21. The molecule has 0 saturated heterocycles. The van der Waals surface area contributed by atoms with Crippen LogP contribution in [0, 0.1) is 5.41 Å². The molecule has 1 N–H and O–H groups in total. The summed E-state index contributed by atoms with van der Waals surface area (Å²) in [5.74, 6) is 0.204. The molecule has 0 heterocycles. The van der Waals surface area contributed by atoms with Crippen molar-refractivity contribution in [3.63, 3.8) is 0 Å². The van der Waals surface area contributed by atoms with Crippen molar-refractivity contribution < 1.29 is 4.79 Å². The van der Waals surface area contributed by atoms with E-state index in [1.165, 1.54) is 11.1 Å². The van der Waals surface area contributed by atoms with Gasteiger partial charge in [0.25, 0.3) is 0 Å². The molecule has 0 unspecified atom stereocenters. The van der Waals surface area contributed by atoms with Gasteiger partial charge >= 0.3 is 0 Å². The van der Waals surface area contributed by atoms with Crippen molar-refractivity contribution in [3.8, 4) is 0 Å². The molecule has 0 spiro atoms. The zero-order valence-electron chi connectivity index (χ0n) is 13.7. The smallest absolute Gasteiger partial charge is 0.220 e. The zero-order chi connectivity index (χ0) is 16.0. The highest BCUT2D eigenvalue weighted by atomic mass is 16.1. The predicted molar refractivity (Wildman–Crippen MR) is 91.8 cm³/mol. The van der Waals surface area contributed by atoms with Gasteiger partial charge in [-0.1, -0.05) is 81.4 Å². The highest BCUT2D eigenvalue weighted by Gasteiger charge is 2.19. The van der Waals surface area contributed by atoms with Crippen molar-refractivity contribution >= 4 is 5.91 Å². The van der Waals surface area contributed by atoms with Gasteiger partial charge in [-0.2, -0.15) is 0 Å². The molecule has 1 amide bonds. The fraction of sp³-hybridized carbons (Fsp3) is 0.350. The standard InChI is InChI=1S/C20H25NO/c1-20(2,3)15-21-19(22)14-18(16-10-6-4-7-11-16)17-12-8-5-9-13-17/h4-13,18H,14-15H2,1-3H3,(H,21,22). The van der Waals surface area contributed by atoms with Crippen LogP contribution in [0.15, 0.2) is 60.7 Å². The molecule has 2 aromatic carbocycles. The molecule has 116 valence electrons. The molecule has 0 aliphatic carbocycles. The third kappa shape index (κ3) is 5.03. The maximum atomic E-state index is 12.3. The normalized spacial score (nSPS) is 11.5. The molecular weight excluding hydrogens is 270 g/mol. The van der Waals surface area contributed by atoms with E-state index in [0.717, 1.165) is 0 Å². The number of carbonyl (C=O) groups excluding carboxylic acids is 1. The van der Waals surface area contributed by atoms with Crippen molar-refractivity contribution in [1.82, 2.24) is 5.32 Å². The Balaban J connectivity index is 2.14. The minimum atomic E-state index is 0.0994. The highest BCUT2D eigenvalue weighted by molar-refractivity contribution is 5.77. The third-order valence-electron chi connectivity index (χ3n) is 3.61. The minimum absolute atomic E-state index is 0.0994. The lowest BCUT2D eigenvalue weighted by molar-refractivity contribution is -0.121. The molecule has 0 aliphatic heterocycles. The lowest BCUT2D eigenvalue weighted by Crippen LogP contribution is -2.33. The van der Waals surface area contributed by atoms with Crippen LogP contribution in [-0.4, -0.2) is 12.5 Å². The number of amides is 1. The molecule has 0 saturated carbocycles. The summed E-state index contributed by atoms with van der Waals surface area (Å²) in [6, 6.07) is 20.5. The number of nitrogens with one attached hydrogen (secondary N) is 1. The second kappa shape index (κ2) is 7.26. The van der Waals surface area contributed by atoms with Crippen LogP contribution in [0.5, 0.6) is 0 Å². The van der Waals surface area contributed by atoms with Crippen LogP contribution in [0.25, 0.3) is 0 Å². The van der Waals surface area contributed by atoms with E-state index in [-0.39, 0.29) is 17.2 Å². The summed E-state index contributed by atoms with van der Waals surface area (Å²) in [6.45, 7) is 7.07. The van der Waals surface area contributed by atoms with E-state index < -0.39 is 0 Å². The Morgan fingerprint density at radius 1 is 0.909 bits per heavy atom. The monoisotopic (exact) mass is 295 g/mol. The van der Waals surface area contributed by atoms with Gasteiger partial charge in [0.05, 0.1) is 0 Å². The fourth-order valence-corrected chi connectivity index (χ4v) is 2.42. The van der Waals surface area contributed by atoms with E-state index in [2.05, 4.69) is 50.4 Å². The molecule has 0 atom stereocenters. The van der Waals surface area contributed by atoms with E-state index >= 15 is 0 Å². The Hall–Kier alpha value is -2.09. The van der Waals surface area contributed by atoms with E-state index in [1.807, 2.05) is 36.4 Å². The maximum Gasteiger partial charge on any atom is 0.220 e. The van der Waals surface area contributed by atoms with Gasteiger partial charge in [-0.3, -0.25) is 4.79 Å². The quantitative estimate of drug-likeness (QED) is 0.872. The summed E-state index contributed by atoms with van der Waals surface area (Å²) in [6.07, 6.45) is 0.476. The molecule has 22 heavy (non-hydrogen) atoms. The summed E-state index contributed by atoms with van der Waals surface area (Å²) in [4.78, 5) is 12.3. The average molecular weight is 295 g/mol. The van der Waals surface area contributed by atoms with Crippen molar-refractivity contribution in [2.24, 2.45) is 5.41 Å². The Kier molecular flexibility index (Phi) is 5.37. The Labute approximate surface area is 133 Å². The van der Waals surface area contributed by atoms with E-state index in [4.69, 9.17) is 0 Å². The van der Waals surface area contributed by atoms with Gasteiger partial charge < -0.3 is 5.32 Å². The topological polar surface area (TPSA) is 29.1 Å². The molecule has 0 aromatic heterocycles. The van der Waals surface area contributed by atoms with Crippen LogP contribution in [-0.2, 0) is 4.79 Å². The van der Waals surface area contributed by atoms with Gasteiger partial charge in [-0.25, -0.2) is 0 Å². The number of rotatable bonds is 5. The van der Waals surface area contributed by atoms with Gasteiger partial charge in [0.1, 0.15) is 0 Å². The fourth-order valence-electron chi connectivity index (χ4n) is 2.42. The molecule has 2 aromatic rings. The van der Waals surface area contributed by atoms with Crippen LogP contribution < -0.4 is 5.32 Å². The van der Waals surface area contributed by atoms with Crippen molar-refractivity contribution in [2.45, 2.75) is 33.1 Å². The van der Waals surface area contributed by atoms with E-state index in [9.17, 15) is 4.79 Å². The summed E-state index contributed by atoms with van der Waals surface area (Å²) in [5.41, 5.74) is 2.46. The van der Waals surface area contributed by atoms with Crippen LogP contribution in [0.1, 0.15) is 44.2 Å². The summed E-state index contributed by atoms with van der Waals surface area (Å²) >= 11 is 0. The maximum absolute atomic E-state index is 12.3. The molecule has 2 heteroatoms. The van der Waals surface area contributed by atoms with Crippen molar-refractivity contribution in [1.29, 1.82) is 0 Å². The van der Waals surface area contributed by atoms with Gasteiger partial charge in [0.15, 0.2) is 0 Å². The Bertz CT molecular complexity index is 545. The molecule has 0 bridgehead atoms. The first-order valence-electron chi connectivity index (χ1n) is 7.82. The lowest BCUT2D eigenvalue weighted by atomic mass is 9.88. The van der Waals surface area contributed by atoms with Crippen LogP contribution in [0.3, 0.4) is 0 Å². The molecular formula is C20H25NO. The minimum Gasteiger partial charge on any atom is -0.356 e. The first-order valence-corrected chi connectivity index (χ1v) is 7.82. The molecule has 0 radical (unpaired) electrons. The molecule has 0 fully saturated rings. The Morgan fingerprint density at radius 3 is 1.77 bits per heavy atom. The van der Waals surface area contributed by atoms with Gasteiger partial charge in [-0.05, 0) is 16.5 Å². The van der Waals surface area contributed by atoms with Gasteiger partial charge in [-0.15, -0.1) is 0 Å². The summed E-state index contributed by atoms with van der Waals surface area (Å²) in [5, 5.41) is 3.05. The zero-order valence-corrected chi connectivity index (χ0v) is 13.7. The van der Waals surface area contributed by atoms with Crippen molar-refractivity contribution in [2.75, 3.05) is 6.54 Å². The molecule has 0 aliphatic rings. The van der Waals surface area contributed by atoms with Crippen LogP contribution >= 0.6 is 0 Å². The first-order chi connectivity index (χ1) is 10.5. The van der Waals surface area contributed by atoms with Crippen molar-refractivity contribution in [3.05, 3.63) is 71.8 Å². The van der Waals surface area contributed by atoms with Crippen LogP contribution in [0.4, 0.5) is 0 Å². The highest BCUT2D eigenvalue weighted by Crippen LogP contribution is 2.27. The molecule has 2 rings (SSSR count). The number of benzene rings is 2. The third-order valence-corrected chi connectivity index (χ3v) is 3.61. The number of carbonyl (C=O) groups is 1. The summed E-state index contributed by atoms with van der Waals surface area (Å²) < 4.78 is 0. The largest absolute Gasteiger partial charge is 0.356 e. The average Bonchev–Trinajstić information content (AvgIpc) is 2.52. The summed E-state index contributed by atoms with van der Waals surface area (Å²) in [7, 11) is 0. The Morgan fingerprint density at radius 2 is 1.36 bits per heavy atom. The predicted octanol–water partition coefficient (Wildman–Crippen LogP) is 4.37. The SMILES string of the molecule is CC(C)(C)CNC(=O)CC(c1ccccc1)c1ccccc1. The van der Waals surface area contributed by atoms with Gasteiger partial charge in [0.2, 0.25) is 5.91 Å². The first kappa shape index (κ1) is 16.3. The molecule has 2 nitrogen and oxygen atoms in total. The van der Waals surface area contributed by atoms with Gasteiger partial charge in [0, 0.05) is 18.9 Å². The van der Waals surface area contributed by atoms with E-state index in [1.54, 1.807) is 0 Å². The van der Waals surface area contributed by atoms with Crippen LogP contribution in [0.2, 0.25) is 0 Å².